The summed E-state index contributed by atoms with van der Waals surface area (Å²) in [4.78, 5) is 2.47. The molecule has 1 aromatic rings. The van der Waals surface area contributed by atoms with Gasteiger partial charge in [0.05, 0.1) is 13.2 Å². The van der Waals surface area contributed by atoms with E-state index in [0.717, 1.165) is 32.7 Å². The first-order chi connectivity index (χ1) is 9.95. The quantitative estimate of drug-likeness (QED) is 0.641. The van der Waals surface area contributed by atoms with Gasteiger partial charge in [0, 0.05) is 24.7 Å². The molecule has 1 aromatic carbocycles. The summed E-state index contributed by atoms with van der Waals surface area (Å²) < 4.78 is 5.46. The highest BCUT2D eigenvalue weighted by Gasteiger charge is 2.35. The average molecular weight is 291 g/mol. The van der Waals surface area contributed by atoms with E-state index in [0.29, 0.717) is 0 Å². The van der Waals surface area contributed by atoms with Gasteiger partial charge in [-0.3, -0.25) is 16.2 Å². The molecule has 0 amide bonds. The Balaban J connectivity index is 2.12. The molecule has 4 nitrogen and oxygen atoms in total. The van der Waals surface area contributed by atoms with Gasteiger partial charge in [0.15, 0.2) is 0 Å². The van der Waals surface area contributed by atoms with Crippen molar-refractivity contribution >= 4 is 0 Å². The summed E-state index contributed by atoms with van der Waals surface area (Å²) in [6.07, 6.45) is 0.933. The summed E-state index contributed by atoms with van der Waals surface area (Å²) in [5.41, 5.74) is 7.05. The molecule has 1 aliphatic heterocycles. The number of ether oxygens (including phenoxy) is 1. The molecule has 3 N–H and O–H groups in total. The van der Waals surface area contributed by atoms with Gasteiger partial charge in [0.25, 0.3) is 0 Å². The lowest BCUT2D eigenvalue weighted by Gasteiger charge is -2.45. The number of benzene rings is 1. The topological polar surface area (TPSA) is 50.5 Å². The Bertz CT molecular complexity index is 467. The maximum absolute atomic E-state index is 5.87. The zero-order chi connectivity index (χ0) is 15.5. The van der Waals surface area contributed by atoms with Crippen LogP contribution in [0.15, 0.2) is 18.2 Å². The van der Waals surface area contributed by atoms with Crippen molar-refractivity contribution in [1.29, 1.82) is 0 Å². The Morgan fingerprint density at radius 1 is 1.24 bits per heavy atom. The first kappa shape index (κ1) is 16.4. The molecule has 1 unspecified atom stereocenters. The molecule has 118 valence electrons. The van der Waals surface area contributed by atoms with E-state index in [-0.39, 0.29) is 11.6 Å². The second-order valence-electron chi connectivity index (χ2n) is 6.60. The zero-order valence-corrected chi connectivity index (χ0v) is 13.8. The third-order valence-electron chi connectivity index (χ3n) is 4.89. The Labute approximate surface area is 128 Å². The van der Waals surface area contributed by atoms with Gasteiger partial charge in [0.2, 0.25) is 0 Å². The highest BCUT2D eigenvalue weighted by molar-refractivity contribution is 5.30. The molecule has 0 aliphatic carbocycles. The summed E-state index contributed by atoms with van der Waals surface area (Å²) in [5.74, 6) is 5.87. The minimum Gasteiger partial charge on any atom is -0.379 e. The average Bonchev–Trinajstić information content (AvgIpc) is 2.49. The summed E-state index contributed by atoms with van der Waals surface area (Å²) in [5, 5.41) is 0. The third kappa shape index (κ3) is 3.83. The SMILES string of the molecule is Cc1ccc(CC(NN)C(C)(C)N2CCOCC2)cc1C. The highest BCUT2D eigenvalue weighted by Crippen LogP contribution is 2.23. The van der Waals surface area contributed by atoms with Crippen LogP contribution in [-0.2, 0) is 11.2 Å². The van der Waals surface area contributed by atoms with Crippen molar-refractivity contribution in [1.82, 2.24) is 10.3 Å². The fraction of sp³-hybridized carbons (Fsp3) is 0.647. The number of rotatable bonds is 5. The number of hydrogen-bond acceptors (Lipinski definition) is 4. The Morgan fingerprint density at radius 2 is 1.90 bits per heavy atom. The molecule has 0 aromatic heterocycles. The number of morpholine rings is 1. The van der Waals surface area contributed by atoms with Crippen molar-refractivity contribution in [3.8, 4) is 0 Å². The second-order valence-corrected chi connectivity index (χ2v) is 6.60. The van der Waals surface area contributed by atoms with E-state index in [1.165, 1.54) is 16.7 Å². The Kier molecular flexibility index (Phi) is 5.38. The summed E-state index contributed by atoms with van der Waals surface area (Å²) >= 11 is 0. The van der Waals surface area contributed by atoms with Gasteiger partial charge in [-0.2, -0.15) is 0 Å². The number of nitrogens with zero attached hydrogens (tertiary/aromatic N) is 1. The van der Waals surface area contributed by atoms with Crippen molar-refractivity contribution in [2.24, 2.45) is 5.84 Å². The molecule has 1 heterocycles. The predicted molar refractivity (Wildman–Crippen MR) is 87.2 cm³/mol. The molecular formula is C17H29N3O. The van der Waals surface area contributed by atoms with E-state index < -0.39 is 0 Å². The number of hydrazine groups is 1. The van der Waals surface area contributed by atoms with E-state index in [4.69, 9.17) is 10.6 Å². The van der Waals surface area contributed by atoms with E-state index in [2.05, 4.69) is 56.2 Å². The van der Waals surface area contributed by atoms with Crippen LogP contribution in [0.5, 0.6) is 0 Å². The standard InChI is InChI=1S/C17H29N3O/c1-13-5-6-15(11-14(13)2)12-16(19-18)17(3,4)20-7-9-21-10-8-20/h5-6,11,16,19H,7-10,12,18H2,1-4H3. The van der Waals surface area contributed by atoms with Gasteiger partial charge in [-0.25, -0.2) is 0 Å². The minimum absolute atomic E-state index is 0.00266. The van der Waals surface area contributed by atoms with Crippen LogP contribution in [0.2, 0.25) is 0 Å². The number of nitrogens with one attached hydrogen (secondary N) is 1. The molecule has 1 atom stereocenters. The van der Waals surface area contributed by atoms with E-state index >= 15 is 0 Å². The lowest BCUT2D eigenvalue weighted by atomic mass is 9.87. The van der Waals surface area contributed by atoms with Crippen LogP contribution in [0.25, 0.3) is 0 Å². The molecule has 1 saturated heterocycles. The highest BCUT2D eigenvalue weighted by atomic mass is 16.5. The van der Waals surface area contributed by atoms with Crippen LogP contribution >= 0.6 is 0 Å². The van der Waals surface area contributed by atoms with Crippen LogP contribution < -0.4 is 11.3 Å². The maximum Gasteiger partial charge on any atom is 0.0594 e. The smallest absolute Gasteiger partial charge is 0.0594 e. The van der Waals surface area contributed by atoms with Crippen molar-refractivity contribution in [3.63, 3.8) is 0 Å². The third-order valence-corrected chi connectivity index (χ3v) is 4.89. The second kappa shape index (κ2) is 6.88. The molecule has 0 spiro atoms. The fourth-order valence-corrected chi connectivity index (χ4v) is 3.04. The van der Waals surface area contributed by atoms with Crippen LogP contribution in [0, 0.1) is 13.8 Å². The molecule has 1 fully saturated rings. The molecular weight excluding hydrogens is 262 g/mol. The monoisotopic (exact) mass is 291 g/mol. The first-order valence-corrected chi connectivity index (χ1v) is 7.80. The van der Waals surface area contributed by atoms with Crippen molar-refractivity contribution in [2.45, 2.75) is 45.7 Å². The van der Waals surface area contributed by atoms with Crippen molar-refractivity contribution in [2.75, 3.05) is 26.3 Å². The van der Waals surface area contributed by atoms with Gasteiger partial charge >= 0.3 is 0 Å². The summed E-state index contributed by atoms with van der Waals surface area (Å²) in [6, 6.07) is 6.88. The van der Waals surface area contributed by atoms with E-state index in [1.807, 2.05) is 0 Å². The summed E-state index contributed by atoms with van der Waals surface area (Å²) in [6.45, 7) is 12.4. The van der Waals surface area contributed by atoms with Gasteiger partial charge in [-0.15, -0.1) is 0 Å². The fourth-order valence-electron chi connectivity index (χ4n) is 3.04. The zero-order valence-electron chi connectivity index (χ0n) is 13.8. The van der Waals surface area contributed by atoms with Gasteiger partial charge in [-0.1, -0.05) is 18.2 Å². The number of aryl methyl sites for hydroxylation is 2. The molecule has 0 saturated carbocycles. The Morgan fingerprint density at radius 3 is 2.48 bits per heavy atom. The number of hydrogen-bond donors (Lipinski definition) is 2. The van der Waals surface area contributed by atoms with Crippen molar-refractivity contribution < 1.29 is 4.74 Å². The molecule has 0 bridgehead atoms. The molecule has 2 rings (SSSR count). The predicted octanol–water partition coefficient (Wildman–Crippen LogP) is 1.79. The van der Waals surface area contributed by atoms with Crippen molar-refractivity contribution in [3.05, 3.63) is 34.9 Å². The molecule has 4 heteroatoms. The Hall–Kier alpha value is -0.940. The normalized spacial score (nSPS) is 18.7. The van der Waals surface area contributed by atoms with Crippen LogP contribution in [0.3, 0.4) is 0 Å². The van der Waals surface area contributed by atoms with Gasteiger partial charge < -0.3 is 4.74 Å². The lowest BCUT2D eigenvalue weighted by molar-refractivity contribution is -0.0233. The maximum atomic E-state index is 5.87. The lowest BCUT2D eigenvalue weighted by Crippen LogP contribution is -2.62. The van der Waals surface area contributed by atoms with E-state index in [1.54, 1.807) is 0 Å². The van der Waals surface area contributed by atoms with Crippen LogP contribution in [0.4, 0.5) is 0 Å². The van der Waals surface area contributed by atoms with Gasteiger partial charge in [0.1, 0.15) is 0 Å². The van der Waals surface area contributed by atoms with Gasteiger partial charge in [-0.05, 0) is 50.8 Å². The largest absolute Gasteiger partial charge is 0.379 e. The van der Waals surface area contributed by atoms with Crippen LogP contribution in [0.1, 0.15) is 30.5 Å². The van der Waals surface area contributed by atoms with Crippen LogP contribution in [-0.4, -0.2) is 42.8 Å². The molecule has 21 heavy (non-hydrogen) atoms. The molecule has 0 radical (unpaired) electrons. The minimum atomic E-state index is -0.00266. The summed E-state index contributed by atoms with van der Waals surface area (Å²) in [7, 11) is 0. The number of nitrogens with two attached hydrogens (primary N) is 1. The van der Waals surface area contributed by atoms with E-state index in [9.17, 15) is 0 Å². The first-order valence-electron chi connectivity index (χ1n) is 7.80. The molecule has 1 aliphatic rings.